The first-order chi connectivity index (χ1) is 35.3. The van der Waals surface area contributed by atoms with Gasteiger partial charge < -0.3 is 19.9 Å². The number of carbonyl (C=O) groups is 4. The lowest BCUT2D eigenvalue weighted by atomic mass is 9.64. The summed E-state index contributed by atoms with van der Waals surface area (Å²) in [7, 11) is 1.46. The predicted molar refractivity (Wildman–Crippen MR) is 262 cm³/mol. The van der Waals surface area contributed by atoms with Gasteiger partial charge in [-0.2, -0.15) is 0 Å². The molecule has 0 spiro atoms. The van der Waals surface area contributed by atoms with Crippen molar-refractivity contribution < 1.29 is 60.1 Å². The molecule has 0 bridgehead atoms. The Kier molecular flexibility index (Phi) is 15.9. The zero-order valence-corrected chi connectivity index (χ0v) is 41.9. The number of halogens is 6. The summed E-state index contributed by atoms with van der Waals surface area (Å²) in [5.74, 6) is -4.12. The van der Waals surface area contributed by atoms with Crippen molar-refractivity contribution in [3.05, 3.63) is 143 Å². The van der Waals surface area contributed by atoms with Gasteiger partial charge in [0.25, 0.3) is 5.91 Å². The van der Waals surface area contributed by atoms with Crippen LogP contribution in [0.5, 0.6) is 0 Å². The van der Waals surface area contributed by atoms with Crippen LogP contribution in [0.3, 0.4) is 0 Å². The van der Waals surface area contributed by atoms with Crippen molar-refractivity contribution in [3.63, 3.8) is 0 Å². The Labute approximate surface area is 427 Å². The molecule has 16 nitrogen and oxygen atoms in total. The molecule has 3 amide bonds. The molecule has 0 atom stereocenters. The van der Waals surface area contributed by atoms with Crippen LogP contribution in [0.1, 0.15) is 99.3 Å². The number of carbonyl (C=O) groups excluding carboxylic acids is 3. The Hall–Kier alpha value is -8.04. The lowest BCUT2D eigenvalue weighted by molar-refractivity contribution is 0.0501. The van der Waals surface area contributed by atoms with Crippen LogP contribution in [0.25, 0.3) is 22.5 Å². The van der Waals surface area contributed by atoms with Crippen molar-refractivity contribution >= 4 is 35.7 Å². The first-order valence-corrected chi connectivity index (χ1v) is 23.5. The number of hydrogen-bond donors (Lipinski definition) is 2. The maximum Gasteiger partial charge on any atom is 0.416 e. The van der Waals surface area contributed by atoms with Gasteiger partial charge in [-0.25, -0.2) is 40.7 Å². The van der Waals surface area contributed by atoms with E-state index in [1.807, 2.05) is 0 Å². The largest absolute Gasteiger partial charge is 0.478 e. The fraction of sp³-hybridized carbons (Fsp3) is 0.358. The maximum atomic E-state index is 14.7. The highest BCUT2D eigenvalue weighted by molar-refractivity contribution is 5.95. The van der Waals surface area contributed by atoms with E-state index in [1.165, 1.54) is 85.0 Å². The van der Waals surface area contributed by atoms with Gasteiger partial charge in [-0.15, -0.1) is 20.4 Å². The lowest BCUT2D eigenvalue weighted by Gasteiger charge is -2.46. The molecule has 4 aromatic heterocycles. The van der Waals surface area contributed by atoms with Gasteiger partial charge in [-0.1, -0.05) is 0 Å². The summed E-state index contributed by atoms with van der Waals surface area (Å²) in [6, 6.07) is 18.1. The van der Waals surface area contributed by atoms with Gasteiger partial charge in [0.15, 0.2) is 11.6 Å². The minimum absolute atomic E-state index is 0.00539. The minimum Gasteiger partial charge on any atom is -0.478 e. The summed E-state index contributed by atoms with van der Waals surface area (Å²) < 4.78 is 97.8. The lowest BCUT2D eigenvalue weighted by Crippen LogP contribution is -2.54. The average molecular weight is 1040 g/mol. The SMILES string of the molecule is CC(C)(C)OC(=O)N(CC1(c2ncccc2F)CC(F)C1)c1ccc(-c2cc(C(=O)O)ccc2F)nn1.CNC(=O)c1ccc(F)c(-c2ccc(N(CC3(c4ncccc4F)CC(F)C3)C(=O)OC(C)(C)C)nn2)c1. The number of aromatic carboxylic acids is 1. The number of pyridine rings is 2. The second-order valence-electron chi connectivity index (χ2n) is 20.2. The Bertz CT molecular complexity index is 3070. The number of benzene rings is 2. The van der Waals surface area contributed by atoms with E-state index in [0.717, 1.165) is 29.2 Å². The Morgan fingerprint density at radius 1 is 0.600 bits per heavy atom. The van der Waals surface area contributed by atoms with E-state index in [0.29, 0.717) is 0 Å². The van der Waals surface area contributed by atoms with Crippen molar-refractivity contribution in [3.8, 4) is 22.5 Å². The molecule has 2 aliphatic rings. The van der Waals surface area contributed by atoms with Crippen LogP contribution in [-0.4, -0.2) is 103 Å². The van der Waals surface area contributed by atoms with E-state index in [-0.39, 0.29) is 95.4 Å². The van der Waals surface area contributed by atoms with Crippen molar-refractivity contribution in [1.29, 1.82) is 0 Å². The number of anilines is 2. The standard InChI is InChI=1S/C27H28F3N5O3.C26H25F3N4O4/c1-26(2,3)38-25(37)35(15-27(13-17(28)14-27)23-20(30)6-5-11-32-23)22-10-9-21(33-34-22)18-12-16(24(36)31-4)7-8-19(18)29;1-25(2,3)37-24(36)33(14-26(12-16(27)13-26)22-19(29)5-4-10-30-22)21-9-8-20(31-32-21)17-11-15(23(34)35)6-7-18(17)28/h5-12,17H,13-15H2,1-4H3,(H,31,36);4-11,16H,12-14H2,1-3H3,(H,34,35). The molecular formula is C53H53F6N9O7. The number of aromatic nitrogens is 6. The third kappa shape index (κ3) is 12.7. The summed E-state index contributed by atoms with van der Waals surface area (Å²) in [5.41, 5.74) is -3.67. The van der Waals surface area contributed by atoms with Crippen molar-refractivity contribution in [2.24, 2.45) is 0 Å². The topological polar surface area (TPSA) is 203 Å². The molecule has 22 heteroatoms. The van der Waals surface area contributed by atoms with Gasteiger partial charge in [-0.05, 0) is 152 Å². The van der Waals surface area contributed by atoms with Crippen LogP contribution in [0.15, 0.2) is 97.3 Å². The predicted octanol–water partition coefficient (Wildman–Crippen LogP) is 10.3. The zero-order chi connectivity index (χ0) is 54.6. The second kappa shape index (κ2) is 21.8. The first kappa shape index (κ1) is 54.7. The quantitative estimate of drug-likeness (QED) is 0.110. The summed E-state index contributed by atoms with van der Waals surface area (Å²) in [4.78, 5) is 60.3. The Morgan fingerprint density at radius 2 is 1.00 bits per heavy atom. The van der Waals surface area contributed by atoms with E-state index in [1.54, 1.807) is 41.5 Å². The number of amides is 3. The molecular weight excluding hydrogens is 989 g/mol. The monoisotopic (exact) mass is 1040 g/mol. The van der Waals surface area contributed by atoms with Crippen LogP contribution in [0.4, 0.5) is 47.6 Å². The summed E-state index contributed by atoms with van der Waals surface area (Å²) in [6.45, 7) is 9.74. The van der Waals surface area contributed by atoms with Crippen LogP contribution in [0, 0.1) is 23.3 Å². The van der Waals surface area contributed by atoms with Gasteiger partial charge in [0, 0.05) is 60.1 Å². The molecule has 6 aromatic rings. The number of nitrogens with zero attached hydrogens (tertiary/aromatic N) is 8. The summed E-state index contributed by atoms with van der Waals surface area (Å²) in [6.07, 6.45) is -1.35. The number of carboxylic acid groups (broad SMARTS) is 1. The van der Waals surface area contributed by atoms with Crippen LogP contribution in [0.2, 0.25) is 0 Å². The third-order valence-electron chi connectivity index (χ3n) is 12.2. The van der Waals surface area contributed by atoms with E-state index in [2.05, 4.69) is 35.7 Å². The molecule has 2 saturated carbocycles. The number of alkyl halides is 2. The van der Waals surface area contributed by atoms with Crippen molar-refractivity contribution in [2.75, 3.05) is 29.9 Å². The van der Waals surface area contributed by atoms with E-state index in [9.17, 15) is 50.6 Å². The Balaban J connectivity index is 0.000000219. The molecule has 2 aromatic carbocycles. The molecule has 0 radical (unpaired) electrons. The summed E-state index contributed by atoms with van der Waals surface area (Å²) >= 11 is 0. The third-order valence-corrected chi connectivity index (χ3v) is 12.2. The second-order valence-corrected chi connectivity index (χ2v) is 20.2. The molecule has 2 aliphatic carbocycles. The molecule has 2 N–H and O–H groups in total. The number of nitrogens with one attached hydrogen (secondary N) is 1. The summed E-state index contributed by atoms with van der Waals surface area (Å²) in [5, 5.41) is 27.9. The zero-order valence-electron chi connectivity index (χ0n) is 41.9. The molecule has 0 aliphatic heterocycles. The average Bonchev–Trinajstić information content (AvgIpc) is 3.33. The molecule has 0 saturated heterocycles. The normalized spacial score (nSPS) is 19.0. The first-order valence-electron chi connectivity index (χ1n) is 23.5. The number of hydrogen-bond acceptors (Lipinski definition) is 12. The molecule has 4 heterocycles. The highest BCUT2D eigenvalue weighted by Crippen LogP contribution is 2.48. The van der Waals surface area contributed by atoms with Crippen LogP contribution in [-0.2, 0) is 20.3 Å². The fourth-order valence-electron chi connectivity index (χ4n) is 8.73. The smallest absolute Gasteiger partial charge is 0.416 e. The van der Waals surface area contributed by atoms with Gasteiger partial charge in [0.05, 0.1) is 28.3 Å². The number of ether oxygens (including phenoxy) is 2. The number of carboxylic acids is 1. The van der Waals surface area contributed by atoms with E-state index >= 15 is 0 Å². The van der Waals surface area contributed by atoms with Crippen LogP contribution >= 0.6 is 0 Å². The van der Waals surface area contributed by atoms with E-state index in [4.69, 9.17) is 9.47 Å². The van der Waals surface area contributed by atoms with Crippen LogP contribution < -0.4 is 15.1 Å². The van der Waals surface area contributed by atoms with Crippen molar-refractivity contribution in [2.45, 2.75) is 102 Å². The van der Waals surface area contributed by atoms with Gasteiger partial charge in [0.1, 0.15) is 46.8 Å². The fourth-order valence-corrected chi connectivity index (χ4v) is 8.73. The van der Waals surface area contributed by atoms with E-state index < -0.39 is 81.7 Å². The minimum atomic E-state index is -1.24. The molecule has 394 valence electrons. The van der Waals surface area contributed by atoms with Gasteiger partial charge in [0.2, 0.25) is 0 Å². The molecule has 0 unspecified atom stereocenters. The highest BCUT2D eigenvalue weighted by atomic mass is 19.2. The molecule has 2 fully saturated rings. The molecule has 75 heavy (non-hydrogen) atoms. The Morgan fingerprint density at radius 3 is 1.33 bits per heavy atom. The van der Waals surface area contributed by atoms with Gasteiger partial charge >= 0.3 is 18.2 Å². The number of rotatable bonds is 12. The van der Waals surface area contributed by atoms with Gasteiger partial charge in [-0.3, -0.25) is 24.6 Å². The maximum absolute atomic E-state index is 14.7. The molecule has 8 rings (SSSR count). The highest BCUT2D eigenvalue weighted by Gasteiger charge is 2.52. The van der Waals surface area contributed by atoms with Crippen molar-refractivity contribution in [1.82, 2.24) is 35.7 Å².